The highest BCUT2D eigenvalue weighted by Crippen LogP contribution is 2.23. The van der Waals surface area contributed by atoms with Crippen LogP contribution in [-0.4, -0.2) is 19.5 Å². The van der Waals surface area contributed by atoms with Crippen molar-refractivity contribution in [2.45, 2.75) is 11.4 Å². The largest absolute Gasteiger partial charge is 0.478 e. The van der Waals surface area contributed by atoms with E-state index in [9.17, 15) is 13.2 Å². The molecule has 1 aromatic carbocycles. The number of anilines is 1. The van der Waals surface area contributed by atoms with Gasteiger partial charge in [0.15, 0.2) is 0 Å². The Balaban J connectivity index is 2.31. The molecule has 112 valence electrons. The van der Waals surface area contributed by atoms with Crippen molar-refractivity contribution in [3.8, 4) is 0 Å². The Morgan fingerprint density at radius 3 is 2.62 bits per heavy atom. The van der Waals surface area contributed by atoms with Gasteiger partial charge in [0.25, 0.3) is 0 Å². The molecule has 0 bridgehead atoms. The lowest BCUT2D eigenvalue weighted by Gasteiger charge is -2.09. The molecule has 0 aliphatic carbocycles. The Hall–Kier alpha value is -1.42. The van der Waals surface area contributed by atoms with Gasteiger partial charge in [-0.05, 0) is 46.3 Å². The monoisotopic (exact) mass is 390 g/mol. The van der Waals surface area contributed by atoms with Gasteiger partial charge in [-0.2, -0.15) is 0 Å². The molecule has 1 heterocycles. The van der Waals surface area contributed by atoms with Crippen molar-refractivity contribution in [1.29, 1.82) is 0 Å². The van der Waals surface area contributed by atoms with E-state index in [0.717, 1.165) is 14.7 Å². The summed E-state index contributed by atoms with van der Waals surface area (Å²) in [5.74, 6) is -1.32. The predicted molar refractivity (Wildman–Crippen MR) is 83.9 cm³/mol. The molecule has 0 saturated heterocycles. The summed E-state index contributed by atoms with van der Waals surface area (Å²) in [6.07, 6.45) is 0. The van der Waals surface area contributed by atoms with Crippen LogP contribution in [-0.2, 0) is 16.6 Å². The summed E-state index contributed by atoms with van der Waals surface area (Å²) in [6, 6.07) is 7.23. The van der Waals surface area contributed by atoms with Crippen molar-refractivity contribution in [2.24, 2.45) is 0 Å². The fraction of sp³-hybridized carbons (Fsp3) is 0.0833. The average molecular weight is 391 g/mol. The van der Waals surface area contributed by atoms with Crippen molar-refractivity contribution in [3.05, 3.63) is 44.6 Å². The summed E-state index contributed by atoms with van der Waals surface area (Å²) in [7, 11) is -3.97. The van der Waals surface area contributed by atoms with Crippen LogP contribution < -0.4 is 10.5 Å². The number of rotatable bonds is 5. The minimum Gasteiger partial charge on any atom is -0.478 e. The van der Waals surface area contributed by atoms with Crippen molar-refractivity contribution in [3.63, 3.8) is 0 Å². The lowest BCUT2D eigenvalue weighted by molar-refractivity contribution is 0.0692. The van der Waals surface area contributed by atoms with Gasteiger partial charge in [0.05, 0.1) is 14.2 Å². The lowest BCUT2D eigenvalue weighted by Crippen LogP contribution is -2.25. The molecule has 0 aliphatic heterocycles. The number of hydrogen-bond donors (Lipinski definition) is 3. The number of hydrogen-bond acceptors (Lipinski definition) is 5. The van der Waals surface area contributed by atoms with Crippen LogP contribution in [0, 0.1) is 0 Å². The maximum Gasteiger partial charge on any atom is 0.337 e. The number of sulfonamides is 1. The molecular formula is C12H11BrN2O4S2. The topological polar surface area (TPSA) is 109 Å². The molecule has 0 amide bonds. The fourth-order valence-electron chi connectivity index (χ4n) is 1.63. The zero-order valence-corrected chi connectivity index (χ0v) is 13.8. The highest BCUT2D eigenvalue weighted by Gasteiger charge is 2.22. The number of nitrogen functional groups attached to an aromatic ring is 1. The molecule has 21 heavy (non-hydrogen) atoms. The third-order valence-electron chi connectivity index (χ3n) is 2.59. The number of carbonyl (C=O) groups is 1. The van der Waals surface area contributed by atoms with Crippen LogP contribution in [0.1, 0.15) is 15.2 Å². The maximum atomic E-state index is 12.3. The fourth-order valence-corrected chi connectivity index (χ4v) is 4.38. The van der Waals surface area contributed by atoms with Crippen LogP contribution >= 0.6 is 27.3 Å². The molecule has 0 aliphatic rings. The van der Waals surface area contributed by atoms with Crippen LogP contribution in [0.2, 0.25) is 0 Å². The van der Waals surface area contributed by atoms with E-state index in [1.807, 2.05) is 0 Å². The number of carboxylic acid groups (broad SMARTS) is 1. The van der Waals surface area contributed by atoms with E-state index >= 15 is 0 Å². The van der Waals surface area contributed by atoms with Crippen molar-refractivity contribution < 1.29 is 18.3 Å². The van der Waals surface area contributed by atoms with E-state index in [0.29, 0.717) is 0 Å². The minimum absolute atomic E-state index is 0.0759. The summed E-state index contributed by atoms with van der Waals surface area (Å²) in [4.78, 5) is 11.6. The Morgan fingerprint density at radius 1 is 1.33 bits per heavy atom. The van der Waals surface area contributed by atoms with Crippen LogP contribution in [0.4, 0.5) is 5.69 Å². The smallest absolute Gasteiger partial charge is 0.337 e. The first-order valence-corrected chi connectivity index (χ1v) is 8.75. The van der Waals surface area contributed by atoms with Gasteiger partial charge >= 0.3 is 5.97 Å². The minimum atomic E-state index is -3.97. The molecule has 9 heteroatoms. The number of aromatic carboxylic acids is 1. The summed E-state index contributed by atoms with van der Waals surface area (Å²) >= 11 is 4.67. The van der Waals surface area contributed by atoms with E-state index in [1.165, 1.54) is 23.5 Å². The van der Waals surface area contributed by atoms with E-state index < -0.39 is 16.0 Å². The molecule has 6 nitrogen and oxygen atoms in total. The maximum absolute atomic E-state index is 12.3. The first-order chi connectivity index (χ1) is 9.79. The van der Waals surface area contributed by atoms with Crippen molar-refractivity contribution >= 4 is 48.9 Å². The molecule has 0 fully saturated rings. The van der Waals surface area contributed by atoms with Crippen LogP contribution in [0.3, 0.4) is 0 Å². The Labute approximate surface area is 133 Å². The average Bonchev–Trinajstić information content (AvgIpc) is 2.82. The molecule has 1 aromatic heterocycles. The second-order valence-electron chi connectivity index (χ2n) is 4.09. The zero-order chi connectivity index (χ0) is 15.6. The predicted octanol–water partition coefficient (Wildman–Crippen LogP) is 2.27. The van der Waals surface area contributed by atoms with Crippen LogP contribution in [0.5, 0.6) is 0 Å². The summed E-state index contributed by atoms with van der Waals surface area (Å²) < 4.78 is 27.8. The summed E-state index contributed by atoms with van der Waals surface area (Å²) in [6.45, 7) is 0.0759. The number of nitrogens with one attached hydrogen (secondary N) is 1. The van der Waals surface area contributed by atoms with Gasteiger partial charge in [0.1, 0.15) is 0 Å². The van der Waals surface area contributed by atoms with Gasteiger partial charge in [-0.3, -0.25) is 0 Å². The number of carboxylic acids is 1. The molecule has 0 unspecified atom stereocenters. The molecule has 0 spiro atoms. The van der Waals surface area contributed by atoms with E-state index in [-0.39, 0.29) is 22.7 Å². The first-order valence-electron chi connectivity index (χ1n) is 5.66. The Morgan fingerprint density at radius 2 is 2.05 bits per heavy atom. The standard InChI is InChI=1S/C12H11BrN2O4S2/c13-11-4-2-8(20-11)6-15-21(18,19)10-5-7(14)1-3-9(10)12(16)17/h1-5,15H,6,14H2,(H,16,17). The second kappa shape index (κ2) is 6.14. The number of nitrogens with two attached hydrogens (primary N) is 1. The molecule has 0 atom stereocenters. The van der Waals surface area contributed by atoms with Crippen molar-refractivity contribution in [1.82, 2.24) is 4.72 Å². The number of thiophene rings is 1. The first kappa shape index (κ1) is 16.0. The molecule has 2 aromatic rings. The van der Waals surface area contributed by atoms with E-state index in [4.69, 9.17) is 10.8 Å². The number of halogens is 1. The molecule has 0 radical (unpaired) electrons. The van der Waals surface area contributed by atoms with Crippen molar-refractivity contribution in [2.75, 3.05) is 5.73 Å². The highest BCUT2D eigenvalue weighted by atomic mass is 79.9. The lowest BCUT2D eigenvalue weighted by atomic mass is 10.2. The number of benzene rings is 1. The van der Waals surface area contributed by atoms with Gasteiger partial charge in [-0.1, -0.05) is 0 Å². The quantitative estimate of drug-likeness (QED) is 0.678. The normalized spacial score (nSPS) is 11.5. The van der Waals surface area contributed by atoms with Gasteiger partial charge in [0.2, 0.25) is 10.0 Å². The molecular weight excluding hydrogens is 380 g/mol. The third kappa shape index (κ3) is 3.82. The van der Waals surface area contributed by atoms with E-state index in [1.54, 1.807) is 12.1 Å². The second-order valence-corrected chi connectivity index (χ2v) is 8.37. The Kier molecular flexibility index (Phi) is 4.67. The van der Waals surface area contributed by atoms with Gasteiger partial charge in [-0.15, -0.1) is 11.3 Å². The van der Waals surface area contributed by atoms with E-state index in [2.05, 4.69) is 20.7 Å². The van der Waals surface area contributed by atoms with Gasteiger partial charge < -0.3 is 10.8 Å². The Bertz CT molecular complexity index is 786. The summed E-state index contributed by atoms with van der Waals surface area (Å²) in [5, 5.41) is 9.07. The molecule has 2 rings (SSSR count). The molecule has 4 N–H and O–H groups in total. The van der Waals surface area contributed by atoms with Crippen LogP contribution in [0.25, 0.3) is 0 Å². The highest BCUT2D eigenvalue weighted by molar-refractivity contribution is 9.11. The van der Waals surface area contributed by atoms with Crippen LogP contribution in [0.15, 0.2) is 39.0 Å². The zero-order valence-electron chi connectivity index (χ0n) is 10.5. The van der Waals surface area contributed by atoms with Gasteiger partial charge in [-0.25, -0.2) is 17.9 Å². The SMILES string of the molecule is Nc1ccc(C(=O)O)c(S(=O)(=O)NCc2ccc(Br)s2)c1. The molecule has 0 saturated carbocycles. The third-order valence-corrected chi connectivity index (χ3v) is 5.66. The summed E-state index contributed by atoms with van der Waals surface area (Å²) in [5.41, 5.74) is 5.41. The van der Waals surface area contributed by atoms with Gasteiger partial charge in [0, 0.05) is 17.1 Å².